The van der Waals surface area contributed by atoms with E-state index in [-0.39, 0.29) is 27.7 Å². The second-order valence-corrected chi connectivity index (χ2v) is 3.02. The van der Waals surface area contributed by atoms with Gasteiger partial charge in [-0.05, 0) is 0 Å². The first-order valence-electron chi connectivity index (χ1n) is 4.92. The van der Waals surface area contributed by atoms with Gasteiger partial charge in [0.25, 0.3) is 0 Å². The Balaban J connectivity index is -0.0000000645. The third-order valence-corrected chi connectivity index (χ3v) is 1.38. The molecular formula is C12H16CoN4O4S2+2. The van der Waals surface area contributed by atoms with E-state index in [1.165, 1.54) is 35.1 Å². The molecule has 2 aromatic rings. The standard InChI is InChI=1S/2C5H5NO.2CNS.Co.2H2O/c2*7-6-4-2-1-3-5-6;2*2-1-3;;;/h2*1-5H;;;;2*1H2/q;;2*-1;+2;;/p+2. The van der Waals surface area contributed by atoms with Crippen LogP contribution in [0.2, 0.25) is 0 Å². The van der Waals surface area contributed by atoms with Gasteiger partial charge in [0.05, 0.1) is 0 Å². The van der Waals surface area contributed by atoms with Crippen LogP contribution in [-0.2, 0) is 27.7 Å². The molecule has 6 N–H and O–H groups in total. The normalized spacial score (nSPS) is 5.91. The van der Waals surface area contributed by atoms with Crippen LogP contribution in [0.4, 0.5) is 0 Å². The van der Waals surface area contributed by atoms with Gasteiger partial charge in [0.1, 0.15) is 0 Å². The van der Waals surface area contributed by atoms with E-state index in [9.17, 15) is 10.4 Å². The van der Waals surface area contributed by atoms with Gasteiger partial charge < -0.3 is 32.2 Å². The minimum atomic E-state index is 0. The average Bonchev–Trinajstić information content (AvgIpc) is 2.43. The molecule has 0 unspecified atom stereocenters. The monoisotopic (exact) mass is 403 g/mol. The molecule has 8 nitrogen and oxygen atoms in total. The molecule has 0 spiro atoms. The van der Waals surface area contributed by atoms with Gasteiger partial charge in [-0.25, -0.2) is 0 Å². The van der Waals surface area contributed by atoms with Crippen LogP contribution < -0.4 is 9.46 Å². The van der Waals surface area contributed by atoms with E-state index in [4.69, 9.17) is 10.8 Å². The Kier molecular flexibility index (Phi) is 40.1. The number of hydrogen-bond acceptors (Lipinski definition) is 4. The predicted molar refractivity (Wildman–Crippen MR) is 92.5 cm³/mol. The largest absolute Gasteiger partial charge is 2.00 e. The third kappa shape index (κ3) is 33.0. The van der Waals surface area contributed by atoms with Crippen molar-refractivity contribution in [3.63, 3.8) is 0 Å². The molecule has 0 saturated carbocycles. The van der Waals surface area contributed by atoms with E-state index in [0.29, 0.717) is 0 Å². The SMILES string of the molecule is [Co+2].[N-]=C=S.[N-]=C=S.[O-][n+]1ccccc1.[O-][n+]1ccccc1.[OH3+].[OH3+]. The van der Waals surface area contributed by atoms with E-state index in [1.807, 2.05) is 0 Å². The second kappa shape index (κ2) is 28.1. The predicted octanol–water partition coefficient (Wildman–Crippen LogP) is 0.111. The van der Waals surface area contributed by atoms with E-state index in [2.05, 4.69) is 24.4 Å². The van der Waals surface area contributed by atoms with E-state index < -0.39 is 0 Å². The van der Waals surface area contributed by atoms with Gasteiger partial charge in [-0.15, -0.1) is 0 Å². The number of isothiocyanates is 2. The zero-order chi connectivity index (χ0) is 15.6. The number of hydrogen-bond donors (Lipinski definition) is 0. The van der Waals surface area contributed by atoms with E-state index in [1.54, 1.807) is 36.4 Å². The molecule has 0 amide bonds. The summed E-state index contributed by atoms with van der Waals surface area (Å²) in [6.07, 6.45) is 5.78. The fourth-order valence-corrected chi connectivity index (χ4v) is 0.766. The van der Waals surface area contributed by atoms with Crippen LogP contribution in [0.1, 0.15) is 0 Å². The van der Waals surface area contributed by atoms with Gasteiger partial charge in [-0.3, -0.25) is 0 Å². The summed E-state index contributed by atoms with van der Waals surface area (Å²) in [6, 6.07) is 10.4. The van der Waals surface area contributed by atoms with Crippen molar-refractivity contribution in [2.24, 2.45) is 0 Å². The number of nitrogens with zero attached hydrogens (tertiary/aromatic N) is 4. The molecule has 1 radical (unpaired) electrons. The van der Waals surface area contributed by atoms with Gasteiger partial charge in [0.15, 0.2) is 24.8 Å². The number of aromatic nitrogens is 2. The molecule has 11 heteroatoms. The Bertz CT molecular complexity index is 474. The molecule has 0 bridgehead atoms. The summed E-state index contributed by atoms with van der Waals surface area (Å²) >= 11 is 7.40. The minimum absolute atomic E-state index is 0. The molecule has 0 aliphatic rings. The zero-order valence-electron chi connectivity index (χ0n) is 11.7. The van der Waals surface area contributed by atoms with Gasteiger partial charge in [0, 0.05) is 24.3 Å². The quantitative estimate of drug-likeness (QED) is 0.200. The summed E-state index contributed by atoms with van der Waals surface area (Å²) in [5, 5.41) is 37.3. The van der Waals surface area contributed by atoms with Gasteiger partial charge in [-0.2, -0.15) is 19.8 Å². The van der Waals surface area contributed by atoms with Crippen molar-refractivity contribution in [1.82, 2.24) is 0 Å². The van der Waals surface area contributed by atoms with Crippen molar-refractivity contribution >= 4 is 34.8 Å². The van der Waals surface area contributed by atoms with Gasteiger partial charge in [-0.1, -0.05) is 36.6 Å². The Labute approximate surface area is 154 Å². The molecule has 0 atom stereocenters. The minimum Gasteiger partial charge on any atom is -0.753 e. The molecule has 2 aromatic heterocycles. The molecule has 2 heterocycles. The summed E-state index contributed by atoms with van der Waals surface area (Å²) in [7, 11) is 0. The molecule has 2 rings (SSSR count). The van der Waals surface area contributed by atoms with Crippen molar-refractivity contribution in [2.45, 2.75) is 0 Å². The zero-order valence-corrected chi connectivity index (χ0v) is 14.4. The van der Waals surface area contributed by atoms with Crippen LogP contribution >= 0.6 is 24.4 Å². The van der Waals surface area contributed by atoms with Crippen LogP contribution in [0, 0.1) is 10.4 Å². The Hall–Kier alpha value is -2.07. The first-order valence-corrected chi connectivity index (χ1v) is 5.74. The fraction of sp³-hybridized carbons (Fsp3) is 0. The molecule has 0 aliphatic carbocycles. The summed E-state index contributed by atoms with van der Waals surface area (Å²) in [4.78, 5) is 0. The Morgan fingerprint density at radius 3 is 0.913 bits per heavy atom. The fourth-order valence-electron chi connectivity index (χ4n) is 0.766. The van der Waals surface area contributed by atoms with Crippen molar-refractivity contribution in [3.05, 3.63) is 82.4 Å². The molecular weight excluding hydrogens is 387 g/mol. The van der Waals surface area contributed by atoms with Crippen molar-refractivity contribution in [2.75, 3.05) is 0 Å². The van der Waals surface area contributed by atoms with Gasteiger partial charge in [0.2, 0.25) is 0 Å². The smallest absolute Gasteiger partial charge is 0.753 e. The maximum atomic E-state index is 10.2. The Morgan fingerprint density at radius 1 is 0.652 bits per heavy atom. The first kappa shape index (κ1) is 32.8. The summed E-state index contributed by atoms with van der Waals surface area (Å²) in [5.74, 6) is 0. The van der Waals surface area contributed by atoms with Crippen molar-refractivity contribution in [1.29, 1.82) is 0 Å². The molecule has 127 valence electrons. The van der Waals surface area contributed by atoms with Crippen molar-refractivity contribution < 1.29 is 37.2 Å². The molecule has 0 aromatic carbocycles. The molecule has 0 fully saturated rings. The number of thiocarbonyl (C=S) groups is 2. The van der Waals surface area contributed by atoms with E-state index in [0.717, 1.165) is 9.46 Å². The second-order valence-electron chi connectivity index (χ2n) is 2.65. The molecule has 0 saturated heterocycles. The van der Waals surface area contributed by atoms with Crippen molar-refractivity contribution in [3.8, 4) is 0 Å². The van der Waals surface area contributed by atoms with Crippen LogP contribution in [0.5, 0.6) is 0 Å². The number of pyridine rings is 2. The topological polar surface area (TPSA) is 164 Å². The third-order valence-electron chi connectivity index (χ3n) is 1.38. The summed E-state index contributed by atoms with van der Waals surface area (Å²) in [6.45, 7) is 0. The van der Waals surface area contributed by atoms with Crippen LogP contribution in [0.25, 0.3) is 10.8 Å². The van der Waals surface area contributed by atoms with Crippen LogP contribution in [0.15, 0.2) is 61.2 Å². The van der Waals surface area contributed by atoms with Gasteiger partial charge >= 0.3 is 16.8 Å². The first-order chi connectivity index (χ1) is 9.62. The maximum absolute atomic E-state index is 10.2. The van der Waals surface area contributed by atoms with E-state index >= 15 is 0 Å². The number of rotatable bonds is 0. The Morgan fingerprint density at radius 2 is 0.826 bits per heavy atom. The molecule has 0 aliphatic heterocycles. The van der Waals surface area contributed by atoms with Crippen LogP contribution in [-0.4, -0.2) is 10.3 Å². The average molecular weight is 403 g/mol. The van der Waals surface area contributed by atoms with Crippen LogP contribution in [0.3, 0.4) is 0 Å². The maximum Gasteiger partial charge on any atom is 2.00 e. The summed E-state index contributed by atoms with van der Waals surface area (Å²) in [5.41, 5.74) is 0. The molecule has 23 heavy (non-hydrogen) atoms. The summed E-state index contributed by atoms with van der Waals surface area (Å²) < 4.78 is 1.50.